The van der Waals surface area contributed by atoms with Crippen LogP contribution in [-0.2, 0) is 15.3 Å². The molecule has 6 heteroatoms. The number of ketones is 1. The summed E-state index contributed by atoms with van der Waals surface area (Å²) in [4.78, 5) is 24.0. The van der Waals surface area contributed by atoms with E-state index in [-0.39, 0.29) is 40.9 Å². The Morgan fingerprint density at radius 2 is 2.03 bits per heavy atom. The van der Waals surface area contributed by atoms with E-state index in [2.05, 4.69) is 6.92 Å². The molecule has 2 N–H and O–H groups in total. The lowest BCUT2D eigenvalue weighted by Gasteiger charge is -2.45. The molecule has 3 rings (SSSR count). The minimum Gasteiger partial charge on any atom is -0.465 e. The summed E-state index contributed by atoms with van der Waals surface area (Å²) in [6.07, 6.45) is 7.92. The molecule has 0 bridgehead atoms. The molecule has 5 nitrogen and oxygen atoms in total. The summed E-state index contributed by atoms with van der Waals surface area (Å²) in [5, 5.41) is 20.7. The first-order valence-electron chi connectivity index (χ1n) is 10.7. The van der Waals surface area contributed by atoms with Crippen LogP contribution in [0.2, 0.25) is 0 Å². The van der Waals surface area contributed by atoms with Crippen molar-refractivity contribution in [1.29, 1.82) is 0 Å². The zero-order chi connectivity index (χ0) is 21.7. The molecule has 0 aliphatic heterocycles. The van der Waals surface area contributed by atoms with Crippen LogP contribution in [-0.4, -0.2) is 46.5 Å². The fraction of sp³-hybridized carbons (Fsp3) is 0.583. The van der Waals surface area contributed by atoms with E-state index in [0.717, 1.165) is 24.8 Å². The number of esters is 1. The molecule has 1 aromatic carbocycles. The molecule has 0 aromatic heterocycles. The topological polar surface area (TPSA) is 83.8 Å². The van der Waals surface area contributed by atoms with E-state index in [4.69, 9.17) is 4.74 Å². The molecule has 3 unspecified atom stereocenters. The van der Waals surface area contributed by atoms with Crippen molar-refractivity contribution in [1.82, 2.24) is 0 Å². The third kappa shape index (κ3) is 4.98. The van der Waals surface area contributed by atoms with Gasteiger partial charge in [-0.2, -0.15) is 0 Å². The molecule has 30 heavy (non-hydrogen) atoms. The monoisotopic (exact) mass is 432 g/mol. The SMILES string of the molecule is CCC1(C(O)CC=C[C@H]2C(O)CC(=O)C2SCc2ccc(C(=O)OC)cc2)CCC1. The highest BCUT2D eigenvalue weighted by molar-refractivity contribution is 7.99. The number of Topliss-reactive ketones (excluding diaryl/α,β-unsaturated/α-hetero) is 1. The van der Waals surface area contributed by atoms with Crippen LogP contribution in [0.4, 0.5) is 0 Å². The number of aliphatic hydroxyl groups is 2. The largest absolute Gasteiger partial charge is 0.465 e. The van der Waals surface area contributed by atoms with Crippen LogP contribution in [0.5, 0.6) is 0 Å². The van der Waals surface area contributed by atoms with Crippen molar-refractivity contribution in [3.8, 4) is 0 Å². The van der Waals surface area contributed by atoms with Crippen molar-refractivity contribution in [3.63, 3.8) is 0 Å². The first kappa shape index (κ1) is 23.0. The van der Waals surface area contributed by atoms with E-state index >= 15 is 0 Å². The third-order valence-electron chi connectivity index (χ3n) is 6.80. The summed E-state index contributed by atoms with van der Waals surface area (Å²) >= 11 is 1.52. The Kier molecular flexibility index (Phi) is 7.77. The summed E-state index contributed by atoms with van der Waals surface area (Å²) in [5.74, 6) is 0.0830. The van der Waals surface area contributed by atoms with Crippen molar-refractivity contribution in [2.75, 3.05) is 7.11 Å². The molecule has 0 spiro atoms. The van der Waals surface area contributed by atoms with E-state index in [1.807, 2.05) is 24.3 Å². The Labute approximate surface area is 182 Å². The highest BCUT2D eigenvalue weighted by Gasteiger charge is 2.42. The van der Waals surface area contributed by atoms with Crippen molar-refractivity contribution in [2.24, 2.45) is 11.3 Å². The van der Waals surface area contributed by atoms with Crippen LogP contribution < -0.4 is 0 Å². The zero-order valence-electron chi connectivity index (χ0n) is 17.8. The van der Waals surface area contributed by atoms with Gasteiger partial charge in [-0.25, -0.2) is 4.79 Å². The Morgan fingerprint density at radius 1 is 1.33 bits per heavy atom. The Morgan fingerprint density at radius 3 is 2.60 bits per heavy atom. The lowest BCUT2D eigenvalue weighted by atomic mass is 9.63. The Balaban J connectivity index is 1.57. The molecule has 2 saturated carbocycles. The first-order valence-corrected chi connectivity index (χ1v) is 11.8. The number of carbonyl (C=O) groups is 2. The van der Waals surface area contributed by atoms with E-state index < -0.39 is 6.10 Å². The van der Waals surface area contributed by atoms with Gasteiger partial charge in [0.05, 0.1) is 30.1 Å². The second-order valence-electron chi connectivity index (χ2n) is 8.48. The van der Waals surface area contributed by atoms with Crippen LogP contribution in [0.15, 0.2) is 36.4 Å². The number of thioether (sulfide) groups is 1. The molecule has 164 valence electrons. The van der Waals surface area contributed by atoms with E-state index in [1.54, 1.807) is 12.1 Å². The molecule has 4 atom stereocenters. The predicted molar refractivity (Wildman–Crippen MR) is 118 cm³/mol. The second-order valence-corrected chi connectivity index (χ2v) is 9.61. The van der Waals surface area contributed by atoms with E-state index in [0.29, 0.717) is 17.7 Å². The van der Waals surface area contributed by atoms with Gasteiger partial charge in [-0.15, -0.1) is 11.8 Å². The molecular weight excluding hydrogens is 400 g/mol. The number of aliphatic hydroxyl groups excluding tert-OH is 2. The Hall–Kier alpha value is -1.63. The van der Waals surface area contributed by atoms with Gasteiger partial charge in [0.2, 0.25) is 0 Å². The Bertz CT molecular complexity index is 763. The number of hydrogen-bond donors (Lipinski definition) is 2. The molecule has 2 aliphatic rings. The maximum Gasteiger partial charge on any atom is 0.337 e. The summed E-state index contributed by atoms with van der Waals surface area (Å²) in [5.41, 5.74) is 1.56. The lowest BCUT2D eigenvalue weighted by Crippen LogP contribution is -2.40. The van der Waals surface area contributed by atoms with Crippen LogP contribution in [0.1, 0.15) is 61.4 Å². The van der Waals surface area contributed by atoms with Crippen LogP contribution in [0.3, 0.4) is 0 Å². The molecule has 1 aromatic rings. The maximum absolute atomic E-state index is 12.4. The highest BCUT2D eigenvalue weighted by atomic mass is 32.2. The van der Waals surface area contributed by atoms with Gasteiger partial charge in [0, 0.05) is 18.1 Å². The predicted octanol–water partition coefficient (Wildman–Crippen LogP) is 3.91. The third-order valence-corrected chi connectivity index (χ3v) is 8.24. The molecule has 0 heterocycles. The van der Waals surface area contributed by atoms with Gasteiger partial charge in [0.15, 0.2) is 0 Å². The fourth-order valence-corrected chi connectivity index (χ4v) is 5.86. The summed E-state index contributed by atoms with van der Waals surface area (Å²) < 4.78 is 4.71. The number of carbonyl (C=O) groups excluding carboxylic acids is 2. The number of methoxy groups -OCH3 is 1. The van der Waals surface area contributed by atoms with Crippen molar-refractivity contribution < 1.29 is 24.5 Å². The van der Waals surface area contributed by atoms with Crippen LogP contribution in [0.25, 0.3) is 0 Å². The summed E-state index contributed by atoms with van der Waals surface area (Å²) in [6.45, 7) is 2.13. The van der Waals surface area contributed by atoms with Gasteiger partial charge in [0.25, 0.3) is 0 Å². The molecular formula is C24H32O5S. The van der Waals surface area contributed by atoms with Gasteiger partial charge in [-0.05, 0) is 48.8 Å². The minimum absolute atomic E-state index is 0.0545. The number of benzene rings is 1. The quantitative estimate of drug-likeness (QED) is 0.455. The average Bonchev–Trinajstić information content (AvgIpc) is 2.98. The number of hydrogen-bond acceptors (Lipinski definition) is 6. The van der Waals surface area contributed by atoms with Crippen molar-refractivity contribution in [2.45, 2.75) is 68.7 Å². The molecule has 2 aliphatic carbocycles. The van der Waals surface area contributed by atoms with Gasteiger partial charge in [0.1, 0.15) is 5.78 Å². The smallest absolute Gasteiger partial charge is 0.337 e. The standard InChI is InChI=1S/C24H32O5S/c1-3-24(12-5-13-24)21(27)7-4-6-18-19(25)14-20(26)22(18)30-15-16-8-10-17(11-9-16)23(28)29-2/h4,6,8-11,18-19,21-22,25,27H,3,5,7,12-15H2,1-2H3/t18-,19?,21?,22?/m0/s1. The number of ether oxygens (including phenoxy) is 1. The zero-order valence-corrected chi connectivity index (χ0v) is 18.6. The normalized spacial score (nSPS) is 26.5. The molecule has 0 amide bonds. The average molecular weight is 433 g/mol. The fourth-order valence-electron chi connectivity index (χ4n) is 4.52. The van der Waals surface area contributed by atoms with E-state index in [1.165, 1.54) is 25.3 Å². The van der Waals surface area contributed by atoms with Crippen LogP contribution in [0, 0.1) is 11.3 Å². The lowest BCUT2D eigenvalue weighted by molar-refractivity contribution is -0.117. The maximum atomic E-state index is 12.4. The van der Waals surface area contributed by atoms with E-state index in [9.17, 15) is 19.8 Å². The number of rotatable bonds is 9. The van der Waals surface area contributed by atoms with Gasteiger partial charge in [-0.1, -0.05) is 37.6 Å². The van der Waals surface area contributed by atoms with Crippen molar-refractivity contribution in [3.05, 3.63) is 47.5 Å². The second kappa shape index (κ2) is 10.1. The first-order chi connectivity index (χ1) is 14.4. The molecule has 0 radical (unpaired) electrons. The summed E-state index contributed by atoms with van der Waals surface area (Å²) in [6, 6.07) is 7.16. The molecule has 2 fully saturated rings. The minimum atomic E-state index is -0.672. The van der Waals surface area contributed by atoms with Crippen molar-refractivity contribution >= 4 is 23.5 Å². The summed E-state index contributed by atoms with van der Waals surface area (Å²) in [7, 11) is 1.35. The van der Waals surface area contributed by atoms with Gasteiger partial charge >= 0.3 is 5.97 Å². The molecule has 0 saturated heterocycles. The van der Waals surface area contributed by atoms with Gasteiger partial charge < -0.3 is 14.9 Å². The van der Waals surface area contributed by atoms with Gasteiger partial charge in [-0.3, -0.25) is 4.79 Å². The highest BCUT2D eigenvalue weighted by Crippen LogP contribution is 2.47. The van der Waals surface area contributed by atoms with Crippen LogP contribution >= 0.6 is 11.8 Å².